The molecule has 0 aromatic carbocycles. The molecule has 0 aliphatic rings. The van der Waals surface area contributed by atoms with Gasteiger partial charge in [0.05, 0.1) is 17.2 Å². The number of halogens is 1. The summed E-state index contributed by atoms with van der Waals surface area (Å²) in [5, 5.41) is 6.55. The number of aliphatic imine (C=N–C) groups is 1. The average molecular weight is 434 g/mol. The van der Waals surface area contributed by atoms with Gasteiger partial charge in [0.25, 0.3) is 0 Å². The van der Waals surface area contributed by atoms with Gasteiger partial charge in [-0.05, 0) is 13.8 Å². The number of hydrogen-bond acceptors (Lipinski definition) is 4. The van der Waals surface area contributed by atoms with Gasteiger partial charge in [-0.15, -0.1) is 35.3 Å². The van der Waals surface area contributed by atoms with E-state index in [-0.39, 0.29) is 24.0 Å². The molecule has 122 valence electrons. The van der Waals surface area contributed by atoms with Crippen molar-refractivity contribution < 1.29 is 0 Å². The first kappa shape index (κ1) is 18.9. The second-order valence-corrected chi connectivity index (χ2v) is 5.92. The molecule has 0 fully saturated rings. The number of hydrogen-bond donors (Lipinski definition) is 1. The van der Waals surface area contributed by atoms with Crippen molar-refractivity contribution in [2.24, 2.45) is 4.99 Å². The molecule has 0 atom stereocenters. The van der Waals surface area contributed by atoms with E-state index in [1.807, 2.05) is 33.3 Å². The van der Waals surface area contributed by atoms with Crippen molar-refractivity contribution >= 4 is 41.3 Å². The summed E-state index contributed by atoms with van der Waals surface area (Å²) in [7, 11) is 3.82. The number of aromatic nitrogens is 3. The van der Waals surface area contributed by atoms with Gasteiger partial charge in [-0.2, -0.15) is 0 Å². The SMILES string of the molecule is CN=C(NCCn1ccnc1C)N(C)Cc1csc(C)n1.I. The summed E-state index contributed by atoms with van der Waals surface area (Å²) in [5.74, 6) is 1.90. The van der Waals surface area contributed by atoms with Crippen molar-refractivity contribution in [3.8, 4) is 0 Å². The Morgan fingerprint density at radius 2 is 2.23 bits per heavy atom. The van der Waals surface area contributed by atoms with Gasteiger partial charge < -0.3 is 14.8 Å². The van der Waals surface area contributed by atoms with E-state index in [0.29, 0.717) is 0 Å². The van der Waals surface area contributed by atoms with Crippen LogP contribution in [0.2, 0.25) is 0 Å². The third-order valence-corrected chi connectivity index (χ3v) is 4.02. The fourth-order valence-electron chi connectivity index (χ4n) is 2.11. The minimum Gasteiger partial charge on any atom is -0.354 e. The van der Waals surface area contributed by atoms with Gasteiger partial charge in [0.1, 0.15) is 5.82 Å². The van der Waals surface area contributed by atoms with Gasteiger partial charge in [0.2, 0.25) is 0 Å². The molecule has 0 unspecified atom stereocenters. The quantitative estimate of drug-likeness (QED) is 0.446. The standard InChI is InChI=1S/C14H22N6S.HI/c1-11-16-5-7-20(11)8-6-17-14(15-3)19(4)9-13-10-21-12(2)18-13;/h5,7,10H,6,8-9H2,1-4H3,(H,15,17);1H. The third-order valence-electron chi connectivity index (χ3n) is 3.20. The van der Waals surface area contributed by atoms with E-state index < -0.39 is 0 Å². The Balaban J connectivity index is 0.00000242. The Morgan fingerprint density at radius 1 is 1.45 bits per heavy atom. The van der Waals surface area contributed by atoms with Gasteiger partial charge in [0, 0.05) is 45.0 Å². The maximum Gasteiger partial charge on any atom is 0.193 e. The summed E-state index contributed by atoms with van der Waals surface area (Å²) in [6.07, 6.45) is 3.81. The van der Waals surface area contributed by atoms with E-state index in [9.17, 15) is 0 Å². The zero-order chi connectivity index (χ0) is 15.2. The molecule has 0 saturated heterocycles. The summed E-state index contributed by atoms with van der Waals surface area (Å²) < 4.78 is 2.12. The Bertz CT molecular complexity index is 606. The van der Waals surface area contributed by atoms with E-state index in [2.05, 4.69) is 35.1 Å². The van der Waals surface area contributed by atoms with Crippen LogP contribution in [0.15, 0.2) is 22.8 Å². The monoisotopic (exact) mass is 434 g/mol. The lowest BCUT2D eigenvalue weighted by Gasteiger charge is -2.21. The van der Waals surface area contributed by atoms with Gasteiger partial charge in [-0.1, -0.05) is 0 Å². The minimum absolute atomic E-state index is 0. The number of imidazole rings is 1. The highest BCUT2D eigenvalue weighted by Gasteiger charge is 2.08. The van der Waals surface area contributed by atoms with Crippen molar-refractivity contribution in [1.82, 2.24) is 24.8 Å². The average Bonchev–Trinajstić information content (AvgIpc) is 3.04. The zero-order valence-electron chi connectivity index (χ0n) is 13.4. The molecule has 0 spiro atoms. The molecular formula is C14H23IN6S. The van der Waals surface area contributed by atoms with Gasteiger partial charge in [-0.25, -0.2) is 9.97 Å². The highest BCUT2D eigenvalue weighted by molar-refractivity contribution is 14.0. The lowest BCUT2D eigenvalue weighted by atomic mass is 10.4. The number of nitrogens with one attached hydrogen (secondary N) is 1. The second kappa shape index (κ2) is 9.09. The van der Waals surface area contributed by atoms with Crippen LogP contribution in [0.25, 0.3) is 0 Å². The fraction of sp³-hybridized carbons (Fsp3) is 0.500. The summed E-state index contributed by atoms with van der Waals surface area (Å²) in [6, 6.07) is 0. The van der Waals surface area contributed by atoms with Crippen molar-refractivity contribution in [1.29, 1.82) is 0 Å². The van der Waals surface area contributed by atoms with E-state index in [4.69, 9.17) is 0 Å². The number of rotatable bonds is 5. The van der Waals surface area contributed by atoms with Crippen LogP contribution in [0.1, 0.15) is 16.5 Å². The van der Waals surface area contributed by atoms with Crippen molar-refractivity contribution in [2.75, 3.05) is 20.6 Å². The topological polar surface area (TPSA) is 58.3 Å². The number of thiazole rings is 1. The molecule has 0 bridgehead atoms. The predicted octanol–water partition coefficient (Wildman–Crippen LogP) is 2.28. The molecule has 2 aromatic heterocycles. The van der Waals surface area contributed by atoms with E-state index in [0.717, 1.165) is 42.1 Å². The molecule has 2 heterocycles. The number of nitrogens with zero attached hydrogens (tertiary/aromatic N) is 5. The lowest BCUT2D eigenvalue weighted by Crippen LogP contribution is -2.39. The van der Waals surface area contributed by atoms with Crippen LogP contribution in [0.5, 0.6) is 0 Å². The number of aryl methyl sites for hydroxylation is 2. The van der Waals surface area contributed by atoms with E-state index in [1.165, 1.54) is 0 Å². The van der Waals surface area contributed by atoms with Crippen molar-refractivity contribution in [2.45, 2.75) is 26.9 Å². The highest BCUT2D eigenvalue weighted by atomic mass is 127. The highest BCUT2D eigenvalue weighted by Crippen LogP contribution is 2.09. The van der Waals surface area contributed by atoms with Crippen LogP contribution < -0.4 is 5.32 Å². The Kier molecular flexibility index (Phi) is 7.80. The van der Waals surface area contributed by atoms with Crippen molar-refractivity contribution in [3.05, 3.63) is 34.3 Å². The Hall–Kier alpha value is -1.16. The summed E-state index contributed by atoms with van der Waals surface area (Å²) in [5.41, 5.74) is 1.08. The third kappa shape index (κ3) is 5.24. The zero-order valence-corrected chi connectivity index (χ0v) is 16.6. The first-order chi connectivity index (χ1) is 10.1. The Labute approximate surface area is 152 Å². The van der Waals surface area contributed by atoms with Crippen LogP contribution >= 0.6 is 35.3 Å². The first-order valence-corrected chi connectivity index (χ1v) is 7.78. The summed E-state index contributed by atoms with van der Waals surface area (Å²) in [4.78, 5) is 15.1. The molecule has 0 saturated carbocycles. The molecule has 2 rings (SSSR count). The molecule has 0 radical (unpaired) electrons. The van der Waals surface area contributed by atoms with Gasteiger partial charge in [-0.3, -0.25) is 4.99 Å². The normalized spacial score (nSPS) is 11.2. The molecule has 6 nitrogen and oxygen atoms in total. The number of guanidine groups is 1. The lowest BCUT2D eigenvalue weighted by molar-refractivity contribution is 0.467. The predicted molar refractivity (Wildman–Crippen MR) is 102 cm³/mol. The second-order valence-electron chi connectivity index (χ2n) is 4.86. The van der Waals surface area contributed by atoms with Crippen LogP contribution in [-0.2, 0) is 13.1 Å². The Morgan fingerprint density at radius 3 is 2.77 bits per heavy atom. The molecule has 2 aromatic rings. The van der Waals surface area contributed by atoms with Crippen LogP contribution in [0.3, 0.4) is 0 Å². The summed E-state index contributed by atoms with van der Waals surface area (Å²) >= 11 is 1.68. The van der Waals surface area contributed by atoms with E-state index in [1.54, 1.807) is 18.4 Å². The van der Waals surface area contributed by atoms with Gasteiger partial charge >= 0.3 is 0 Å². The van der Waals surface area contributed by atoms with E-state index >= 15 is 0 Å². The van der Waals surface area contributed by atoms with Crippen LogP contribution in [0.4, 0.5) is 0 Å². The maximum atomic E-state index is 4.48. The van der Waals surface area contributed by atoms with Gasteiger partial charge in [0.15, 0.2) is 5.96 Å². The maximum absolute atomic E-state index is 4.48. The fourth-order valence-corrected chi connectivity index (χ4v) is 2.72. The molecular weight excluding hydrogens is 411 g/mol. The first-order valence-electron chi connectivity index (χ1n) is 6.90. The molecule has 22 heavy (non-hydrogen) atoms. The smallest absolute Gasteiger partial charge is 0.193 e. The molecule has 0 aliphatic carbocycles. The summed E-state index contributed by atoms with van der Waals surface area (Å²) in [6.45, 7) is 6.47. The molecule has 1 N–H and O–H groups in total. The van der Waals surface area contributed by atoms with Crippen molar-refractivity contribution in [3.63, 3.8) is 0 Å². The largest absolute Gasteiger partial charge is 0.354 e. The molecule has 0 aliphatic heterocycles. The van der Waals surface area contributed by atoms with Crippen LogP contribution in [0, 0.1) is 13.8 Å². The molecule has 8 heteroatoms. The minimum atomic E-state index is 0. The van der Waals surface area contributed by atoms with Crippen LogP contribution in [-0.4, -0.2) is 46.0 Å². The molecule has 0 amide bonds.